The molecular weight excluding hydrogens is 142 g/mol. The second kappa shape index (κ2) is 3.63. The molecule has 0 aromatic heterocycles. The Bertz CT molecular complexity index is 91.9. The summed E-state index contributed by atoms with van der Waals surface area (Å²) in [5, 5.41) is 0. The van der Waals surface area contributed by atoms with Crippen molar-refractivity contribution in [3.05, 3.63) is 0 Å². The highest BCUT2D eigenvalue weighted by Crippen LogP contribution is 2.35. The van der Waals surface area contributed by atoms with Gasteiger partial charge in [-0.25, -0.2) is 0 Å². The van der Waals surface area contributed by atoms with Gasteiger partial charge in [0, 0.05) is 4.75 Å². The van der Waals surface area contributed by atoms with Gasteiger partial charge in [-0.2, -0.15) is 12.6 Å². The molecule has 0 saturated heterocycles. The van der Waals surface area contributed by atoms with E-state index >= 15 is 0 Å². The van der Waals surface area contributed by atoms with Crippen molar-refractivity contribution in [2.24, 2.45) is 5.73 Å². The van der Waals surface area contributed by atoms with Crippen LogP contribution in [-0.2, 0) is 0 Å². The lowest BCUT2D eigenvalue weighted by atomic mass is 9.86. The first-order chi connectivity index (χ1) is 4.77. The van der Waals surface area contributed by atoms with E-state index < -0.39 is 0 Å². The minimum atomic E-state index is 0.299. The second-order valence-corrected chi connectivity index (χ2v) is 4.27. The van der Waals surface area contributed by atoms with E-state index in [2.05, 4.69) is 12.6 Å². The van der Waals surface area contributed by atoms with Crippen LogP contribution in [0.2, 0.25) is 0 Å². The molecule has 0 radical (unpaired) electrons. The van der Waals surface area contributed by atoms with Gasteiger partial charge in [-0.15, -0.1) is 0 Å². The Morgan fingerprint density at radius 3 is 2.30 bits per heavy atom. The fourth-order valence-electron chi connectivity index (χ4n) is 1.73. The summed E-state index contributed by atoms with van der Waals surface area (Å²) < 4.78 is 0.299. The van der Waals surface area contributed by atoms with Gasteiger partial charge in [0.2, 0.25) is 0 Å². The van der Waals surface area contributed by atoms with Crippen LogP contribution in [0.25, 0.3) is 0 Å². The number of thiol groups is 1. The topological polar surface area (TPSA) is 26.0 Å². The van der Waals surface area contributed by atoms with Crippen LogP contribution in [0.4, 0.5) is 0 Å². The molecule has 0 bridgehead atoms. The first kappa shape index (κ1) is 8.41. The standard InChI is InChI=1S/C8H17NS/c9-7-6-8(10)4-2-1-3-5-8/h10H,1-7,9H2. The Kier molecular flexibility index (Phi) is 3.05. The van der Waals surface area contributed by atoms with E-state index in [1.165, 1.54) is 32.1 Å². The van der Waals surface area contributed by atoms with Crippen LogP contribution in [0.3, 0.4) is 0 Å². The summed E-state index contributed by atoms with van der Waals surface area (Å²) >= 11 is 4.65. The van der Waals surface area contributed by atoms with Gasteiger partial charge in [0.05, 0.1) is 0 Å². The summed E-state index contributed by atoms with van der Waals surface area (Å²) in [6.07, 6.45) is 7.73. The van der Waals surface area contributed by atoms with Gasteiger partial charge in [-0.1, -0.05) is 19.3 Å². The largest absolute Gasteiger partial charge is 0.330 e. The van der Waals surface area contributed by atoms with Crippen LogP contribution in [0, 0.1) is 0 Å². The number of rotatable bonds is 2. The van der Waals surface area contributed by atoms with Gasteiger partial charge in [0.15, 0.2) is 0 Å². The Labute approximate surface area is 68.8 Å². The SMILES string of the molecule is NCCC1(S)CCCCC1. The average molecular weight is 159 g/mol. The number of hydrogen-bond donors (Lipinski definition) is 2. The summed E-state index contributed by atoms with van der Waals surface area (Å²) in [7, 11) is 0. The van der Waals surface area contributed by atoms with Gasteiger partial charge in [-0.05, 0) is 25.8 Å². The molecule has 0 spiro atoms. The fourth-order valence-corrected chi connectivity index (χ4v) is 2.17. The van der Waals surface area contributed by atoms with Gasteiger partial charge in [0.1, 0.15) is 0 Å². The van der Waals surface area contributed by atoms with E-state index in [1.807, 2.05) is 0 Å². The van der Waals surface area contributed by atoms with Crippen molar-refractivity contribution in [1.29, 1.82) is 0 Å². The normalized spacial score (nSPS) is 24.6. The Morgan fingerprint density at radius 2 is 1.80 bits per heavy atom. The molecule has 0 aromatic rings. The summed E-state index contributed by atoms with van der Waals surface area (Å²) in [5.74, 6) is 0. The molecule has 2 N–H and O–H groups in total. The highest BCUT2D eigenvalue weighted by atomic mass is 32.1. The molecule has 60 valence electrons. The molecule has 1 rings (SSSR count). The van der Waals surface area contributed by atoms with Crippen molar-refractivity contribution in [2.45, 2.75) is 43.3 Å². The minimum Gasteiger partial charge on any atom is -0.330 e. The Balaban J connectivity index is 2.32. The van der Waals surface area contributed by atoms with Crippen molar-refractivity contribution < 1.29 is 0 Å². The van der Waals surface area contributed by atoms with Crippen LogP contribution < -0.4 is 5.73 Å². The fraction of sp³-hybridized carbons (Fsp3) is 1.00. The van der Waals surface area contributed by atoms with Crippen LogP contribution in [0.1, 0.15) is 38.5 Å². The molecule has 2 heteroatoms. The maximum absolute atomic E-state index is 5.50. The predicted octanol–water partition coefficient (Wildman–Crippen LogP) is 1.97. The molecule has 0 unspecified atom stereocenters. The van der Waals surface area contributed by atoms with Crippen molar-refractivity contribution in [1.82, 2.24) is 0 Å². The zero-order valence-electron chi connectivity index (χ0n) is 6.47. The maximum atomic E-state index is 5.50. The van der Waals surface area contributed by atoms with Crippen molar-refractivity contribution in [2.75, 3.05) is 6.54 Å². The smallest absolute Gasteiger partial charge is 0.0142 e. The second-order valence-electron chi connectivity index (χ2n) is 3.32. The molecule has 1 fully saturated rings. The van der Waals surface area contributed by atoms with Crippen LogP contribution >= 0.6 is 12.6 Å². The zero-order valence-corrected chi connectivity index (χ0v) is 7.37. The van der Waals surface area contributed by atoms with Crippen LogP contribution in [0.5, 0.6) is 0 Å². The molecule has 10 heavy (non-hydrogen) atoms. The number of nitrogens with two attached hydrogens (primary N) is 1. The minimum absolute atomic E-state index is 0.299. The molecular formula is C8H17NS. The lowest BCUT2D eigenvalue weighted by Gasteiger charge is -2.31. The van der Waals surface area contributed by atoms with Crippen molar-refractivity contribution >= 4 is 12.6 Å². The van der Waals surface area contributed by atoms with Gasteiger partial charge in [0.25, 0.3) is 0 Å². The Morgan fingerprint density at radius 1 is 1.20 bits per heavy atom. The van der Waals surface area contributed by atoms with Crippen LogP contribution in [0.15, 0.2) is 0 Å². The summed E-state index contributed by atoms with van der Waals surface area (Å²) in [5.41, 5.74) is 5.50. The molecule has 0 atom stereocenters. The van der Waals surface area contributed by atoms with E-state index in [-0.39, 0.29) is 0 Å². The molecule has 0 amide bonds. The molecule has 1 aliphatic rings. The number of hydrogen-bond acceptors (Lipinski definition) is 2. The Hall–Kier alpha value is 0.310. The molecule has 1 saturated carbocycles. The summed E-state index contributed by atoms with van der Waals surface area (Å²) in [6, 6.07) is 0. The van der Waals surface area contributed by atoms with E-state index in [4.69, 9.17) is 5.73 Å². The molecule has 0 heterocycles. The third-order valence-electron chi connectivity index (χ3n) is 2.39. The van der Waals surface area contributed by atoms with E-state index in [1.54, 1.807) is 0 Å². The van der Waals surface area contributed by atoms with Gasteiger partial charge >= 0.3 is 0 Å². The first-order valence-corrected chi connectivity index (χ1v) is 4.64. The first-order valence-electron chi connectivity index (χ1n) is 4.19. The van der Waals surface area contributed by atoms with Gasteiger partial charge in [-0.3, -0.25) is 0 Å². The maximum Gasteiger partial charge on any atom is 0.0142 e. The average Bonchev–Trinajstić information content (AvgIpc) is 1.89. The van der Waals surface area contributed by atoms with Crippen LogP contribution in [-0.4, -0.2) is 11.3 Å². The molecule has 1 nitrogen and oxygen atoms in total. The van der Waals surface area contributed by atoms with E-state index in [0.29, 0.717) is 4.75 Å². The zero-order chi connectivity index (χ0) is 7.45. The van der Waals surface area contributed by atoms with Crippen molar-refractivity contribution in [3.8, 4) is 0 Å². The third-order valence-corrected chi connectivity index (χ3v) is 3.06. The lowest BCUT2D eigenvalue weighted by Crippen LogP contribution is -2.27. The molecule has 1 aliphatic carbocycles. The van der Waals surface area contributed by atoms with E-state index in [0.717, 1.165) is 13.0 Å². The summed E-state index contributed by atoms with van der Waals surface area (Å²) in [6.45, 7) is 0.795. The van der Waals surface area contributed by atoms with Crippen molar-refractivity contribution in [3.63, 3.8) is 0 Å². The summed E-state index contributed by atoms with van der Waals surface area (Å²) in [4.78, 5) is 0. The van der Waals surface area contributed by atoms with E-state index in [9.17, 15) is 0 Å². The monoisotopic (exact) mass is 159 g/mol. The van der Waals surface area contributed by atoms with Gasteiger partial charge < -0.3 is 5.73 Å². The quantitative estimate of drug-likeness (QED) is 0.592. The molecule has 0 aromatic carbocycles. The lowest BCUT2D eigenvalue weighted by molar-refractivity contribution is 0.384. The third kappa shape index (κ3) is 2.17. The highest BCUT2D eigenvalue weighted by molar-refractivity contribution is 7.81. The predicted molar refractivity (Wildman–Crippen MR) is 48.5 cm³/mol. The highest BCUT2D eigenvalue weighted by Gasteiger charge is 2.26. The molecule has 0 aliphatic heterocycles.